The first-order valence-electron chi connectivity index (χ1n) is 30.7. The Hall–Kier alpha value is -2.54. The maximum atomic E-state index is 13.1. The molecule has 2 heterocycles. The molecule has 2 fully saturated rings. The van der Waals surface area contributed by atoms with Crippen LogP contribution in [-0.2, 0) is 38.0 Å². The highest BCUT2D eigenvalue weighted by Crippen LogP contribution is 2.27. The Morgan fingerprint density at radius 1 is 0.416 bits per heavy atom. The van der Waals surface area contributed by atoms with Gasteiger partial charge in [-0.2, -0.15) is 0 Å². The van der Waals surface area contributed by atoms with Crippen molar-refractivity contribution in [1.29, 1.82) is 0 Å². The van der Waals surface area contributed by atoms with Gasteiger partial charge in [0.2, 0.25) is 0 Å². The van der Waals surface area contributed by atoms with E-state index in [1.807, 2.05) is 0 Å². The zero-order chi connectivity index (χ0) is 56.0. The van der Waals surface area contributed by atoms with Crippen molar-refractivity contribution in [2.45, 2.75) is 306 Å². The third-order valence-electron chi connectivity index (χ3n) is 14.5. The van der Waals surface area contributed by atoms with Gasteiger partial charge in [0.05, 0.1) is 19.8 Å². The molecule has 2 aliphatic rings. The molecule has 0 aromatic carbocycles. The molecular formula is C62H110O15. The summed E-state index contributed by atoms with van der Waals surface area (Å²) in [4.78, 5) is 25.9. The second-order valence-electron chi connectivity index (χ2n) is 21.5. The number of hydrogen-bond donors (Lipinski definition) is 7. The van der Waals surface area contributed by atoms with Crippen LogP contribution in [0.2, 0.25) is 0 Å². The van der Waals surface area contributed by atoms with Gasteiger partial charge in [0.15, 0.2) is 18.7 Å². The topological polar surface area (TPSA) is 231 Å². The number of carbonyl (C=O) groups is 2. The van der Waals surface area contributed by atoms with Crippen LogP contribution in [0, 0.1) is 0 Å². The van der Waals surface area contributed by atoms with Gasteiger partial charge in [0, 0.05) is 12.8 Å². The first kappa shape index (κ1) is 70.6. The summed E-state index contributed by atoms with van der Waals surface area (Å²) in [6, 6.07) is 0. The van der Waals surface area contributed by atoms with E-state index in [9.17, 15) is 45.3 Å². The minimum Gasteiger partial charge on any atom is -0.462 e. The van der Waals surface area contributed by atoms with E-state index in [1.54, 1.807) is 0 Å². The molecule has 15 nitrogen and oxygen atoms in total. The highest BCUT2D eigenvalue weighted by molar-refractivity contribution is 5.70. The van der Waals surface area contributed by atoms with E-state index in [-0.39, 0.29) is 26.1 Å². The Kier molecular flexibility index (Phi) is 44.2. The lowest BCUT2D eigenvalue weighted by molar-refractivity contribution is -0.332. The van der Waals surface area contributed by atoms with Crippen LogP contribution in [-0.4, -0.2) is 142 Å². The van der Waals surface area contributed by atoms with Crippen LogP contribution in [0.15, 0.2) is 48.6 Å². The van der Waals surface area contributed by atoms with Crippen LogP contribution < -0.4 is 0 Å². The molecule has 2 saturated heterocycles. The zero-order valence-corrected chi connectivity index (χ0v) is 47.9. The van der Waals surface area contributed by atoms with Crippen LogP contribution in [0.4, 0.5) is 0 Å². The summed E-state index contributed by atoms with van der Waals surface area (Å²) in [5, 5.41) is 72.4. The summed E-state index contributed by atoms with van der Waals surface area (Å²) in [5.41, 5.74) is 0. The number of rotatable bonds is 49. The zero-order valence-electron chi connectivity index (χ0n) is 47.9. The Labute approximate surface area is 465 Å². The number of aliphatic hydroxyl groups is 7. The SMILES string of the molecule is CCCCCC/C=C\C/C=C\CCCCCCCCCC(=O)OCC(COC1OC(COC2OC(CO)C(O)C(O)C2O)C(O)C(O)C1O)OC(=O)CCCCCCCCCCCCC/C=C\C/C=C\CCCCCCC. The Balaban J connectivity index is 1.73. The van der Waals surface area contributed by atoms with E-state index in [2.05, 4.69) is 62.5 Å². The Morgan fingerprint density at radius 2 is 0.779 bits per heavy atom. The number of allylic oxidation sites excluding steroid dienone is 8. The smallest absolute Gasteiger partial charge is 0.306 e. The number of aliphatic hydroxyl groups excluding tert-OH is 7. The predicted octanol–water partition coefficient (Wildman–Crippen LogP) is 11.0. The standard InChI is InChI=1S/C62H110O15/c1-3-5-7-9-11-13-15-17-19-21-23-24-25-26-27-29-31-33-35-37-39-41-43-45-54(65)75-50(47-72-53(64)44-42-40-38-36-34-32-30-28-22-20-18-16-14-12-10-8-6-4-2)48-73-61-60(71)58(69)56(67)52(77-61)49-74-62-59(70)57(68)55(66)51(46-63)76-62/h14-17,20-23,50-52,55-63,66-71H,3-13,18-19,24-49H2,1-2H3/b16-14-,17-15-,22-20-,23-21-. The minimum absolute atomic E-state index is 0.161. The lowest BCUT2D eigenvalue weighted by atomic mass is 9.98. The fourth-order valence-electron chi connectivity index (χ4n) is 9.51. The second-order valence-corrected chi connectivity index (χ2v) is 21.5. The van der Waals surface area contributed by atoms with Gasteiger partial charge in [-0.05, 0) is 77.0 Å². The van der Waals surface area contributed by atoms with Crippen molar-refractivity contribution in [3.63, 3.8) is 0 Å². The molecule has 77 heavy (non-hydrogen) atoms. The van der Waals surface area contributed by atoms with Crippen molar-refractivity contribution in [3.8, 4) is 0 Å². The normalized spacial score (nSPS) is 24.5. The van der Waals surface area contributed by atoms with E-state index in [1.165, 1.54) is 128 Å². The molecule has 2 aliphatic heterocycles. The van der Waals surface area contributed by atoms with E-state index in [0.29, 0.717) is 12.8 Å². The molecule has 0 saturated carbocycles. The summed E-state index contributed by atoms with van der Waals surface area (Å²) >= 11 is 0. The third kappa shape index (κ3) is 35.0. The summed E-state index contributed by atoms with van der Waals surface area (Å²) in [6.07, 6.45) is 39.8. The van der Waals surface area contributed by atoms with Crippen molar-refractivity contribution in [1.82, 2.24) is 0 Å². The monoisotopic (exact) mass is 1090 g/mol. The van der Waals surface area contributed by atoms with Gasteiger partial charge in [-0.3, -0.25) is 9.59 Å². The van der Waals surface area contributed by atoms with Crippen LogP contribution in [0.3, 0.4) is 0 Å². The quantitative estimate of drug-likeness (QED) is 0.0171. The molecule has 0 aliphatic carbocycles. The van der Waals surface area contributed by atoms with E-state index in [0.717, 1.165) is 70.6 Å². The minimum atomic E-state index is -1.77. The molecule has 0 aromatic rings. The summed E-state index contributed by atoms with van der Waals surface area (Å²) in [7, 11) is 0. The average molecular weight is 1100 g/mol. The number of ether oxygens (including phenoxy) is 6. The number of esters is 2. The fourth-order valence-corrected chi connectivity index (χ4v) is 9.51. The van der Waals surface area contributed by atoms with Gasteiger partial charge >= 0.3 is 11.9 Å². The molecule has 0 amide bonds. The first-order chi connectivity index (χ1) is 37.5. The van der Waals surface area contributed by atoms with Crippen molar-refractivity contribution < 1.29 is 73.8 Å². The van der Waals surface area contributed by atoms with Crippen molar-refractivity contribution >= 4 is 11.9 Å². The Morgan fingerprint density at radius 3 is 1.22 bits per heavy atom. The summed E-state index contributed by atoms with van der Waals surface area (Å²) in [6.45, 7) is 2.59. The van der Waals surface area contributed by atoms with Crippen molar-refractivity contribution in [2.75, 3.05) is 26.4 Å². The lowest BCUT2D eigenvalue weighted by Gasteiger charge is -2.42. The molecule has 0 bridgehead atoms. The van der Waals surface area contributed by atoms with Crippen molar-refractivity contribution in [3.05, 3.63) is 48.6 Å². The first-order valence-corrected chi connectivity index (χ1v) is 30.7. The van der Waals surface area contributed by atoms with E-state index < -0.39 is 92.7 Å². The molecule has 0 aromatic heterocycles. The van der Waals surface area contributed by atoms with E-state index in [4.69, 9.17) is 28.4 Å². The number of hydrogen-bond acceptors (Lipinski definition) is 15. The van der Waals surface area contributed by atoms with Crippen LogP contribution in [0.1, 0.15) is 239 Å². The molecule has 0 radical (unpaired) electrons. The predicted molar refractivity (Wildman–Crippen MR) is 303 cm³/mol. The third-order valence-corrected chi connectivity index (χ3v) is 14.5. The highest BCUT2D eigenvalue weighted by atomic mass is 16.7. The Bertz CT molecular complexity index is 1520. The summed E-state index contributed by atoms with van der Waals surface area (Å²) < 4.78 is 33.7. The number of unbranched alkanes of at least 4 members (excludes halogenated alkanes) is 27. The maximum Gasteiger partial charge on any atom is 0.306 e. The largest absolute Gasteiger partial charge is 0.462 e. The van der Waals surface area contributed by atoms with Gasteiger partial charge < -0.3 is 64.2 Å². The van der Waals surface area contributed by atoms with Gasteiger partial charge in [0.25, 0.3) is 0 Å². The maximum absolute atomic E-state index is 13.1. The molecule has 0 spiro atoms. The van der Waals surface area contributed by atoms with E-state index >= 15 is 0 Å². The summed E-state index contributed by atoms with van der Waals surface area (Å²) in [5.74, 6) is -0.930. The molecule has 448 valence electrons. The van der Waals surface area contributed by atoms with Gasteiger partial charge in [-0.1, -0.05) is 197 Å². The molecular weight excluding hydrogens is 985 g/mol. The molecule has 2 rings (SSSR count). The highest BCUT2D eigenvalue weighted by Gasteiger charge is 2.47. The fraction of sp³-hybridized carbons (Fsp3) is 0.839. The van der Waals surface area contributed by atoms with Gasteiger partial charge in [-0.25, -0.2) is 0 Å². The molecule has 11 unspecified atom stereocenters. The van der Waals surface area contributed by atoms with Crippen molar-refractivity contribution in [2.24, 2.45) is 0 Å². The molecule has 15 heteroatoms. The lowest BCUT2D eigenvalue weighted by Crippen LogP contribution is -2.61. The van der Waals surface area contributed by atoms with Crippen LogP contribution in [0.25, 0.3) is 0 Å². The van der Waals surface area contributed by atoms with Crippen LogP contribution >= 0.6 is 0 Å². The van der Waals surface area contributed by atoms with Gasteiger partial charge in [0.1, 0.15) is 55.4 Å². The van der Waals surface area contributed by atoms with Gasteiger partial charge in [-0.15, -0.1) is 0 Å². The molecule has 7 N–H and O–H groups in total. The number of carbonyl (C=O) groups excluding carboxylic acids is 2. The second kappa shape index (κ2) is 48.2. The van der Waals surface area contributed by atoms with Crippen LogP contribution in [0.5, 0.6) is 0 Å². The molecule has 11 atom stereocenters. The average Bonchev–Trinajstić information content (AvgIpc) is 3.43.